The largest absolute Gasteiger partial charge is 0.339 e. The number of rotatable bonds is 4. The highest BCUT2D eigenvalue weighted by Crippen LogP contribution is 2.28. The molecule has 1 heterocycles. The van der Waals surface area contributed by atoms with Gasteiger partial charge in [0.05, 0.1) is 5.92 Å². The van der Waals surface area contributed by atoms with Crippen molar-refractivity contribution in [3.8, 4) is 11.4 Å². The average molecular weight is 277 g/mol. The van der Waals surface area contributed by atoms with Gasteiger partial charge in [-0.2, -0.15) is 4.98 Å². The Morgan fingerprint density at radius 1 is 1.25 bits per heavy atom. The van der Waals surface area contributed by atoms with Crippen LogP contribution in [0.5, 0.6) is 0 Å². The fourth-order valence-electron chi connectivity index (χ4n) is 2.34. The fourth-order valence-corrected chi connectivity index (χ4v) is 2.34. The third-order valence-electron chi connectivity index (χ3n) is 3.44. The van der Waals surface area contributed by atoms with Gasteiger partial charge >= 0.3 is 0 Å². The molecule has 0 amide bonds. The number of aryl methyl sites for hydroxylation is 1. The van der Waals surface area contributed by atoms with Crippen LogP contribution in [-0.2, 0) is 0 Å². The number of hydrogen-bond acceptors (Lipinski definition) is 4. The number of nitrogens with two attached hydrogens (primary N) is 1. The number of nitrogens with zero attached hydrogens (tertiary/aromatic N) is 2. The zero-order chi connectivity index (χ0) is 14.9. The van der Waals surface area contributed by atoms with Crippen LogP contribution < -0.4 is 5.73 Å². The number of aromatic nitrogens is 2. The maximum atomic E-state index is 13.6. The Bertz CT molecular complexity index is 585. The van der Waals surface area contributed by atoms with E-state index in [0.29, 0.717) is 22.8 Å². The number of halogens is 1. The van der Waals surface area contributed by atoms with Gasteiger partial charge in [-0.1, -0.05) is 31.1 Å². The van der Waals surface area contributed by atoms with E-state index < -0.39 is 0 Å². The third-order valence-corrected chi connectivity index (χ3v) is 3.44. The SMILES string of the molecule is Cc1ccc(-c2noc(C(C(C)C)C(C)N)n2)cc1F. The molecule has 2 N–H and O–H groups in total. The molecule has 1 aromatic heterocycles. The van der Waals surface area contributed by atoms with Gasteiger partial charge in [-0.3, -0.25) is 0 Å². The van der Waals surface area contributed by atoms with Crippen LogP contribution in [0.15, 0.2) is 22.7 Å². The topological polar surface area (TPSA) is 64.9 Å². The molecular weight excluding hydrogens is 257 g/mol. The van der Waals surface area contributed by atoms with Crippen LogP contribution >= 0.6 is 0 Å². The van der Waals surface area contributed by atoms with Crippen molar-refractivity contribution in [3.05, 3.63) is 35.5 Å². The molecule has 0 aliphatic heterocycles. The van der Waals surface area contributed by atoms with E-state index in [1.165, 1.54) is 6.07 Å². The summed E-state index contributed by atoms with van der Waals surface area (Å²) in [4.78, 5) is 4.37. The normalized spacial score (nSPS) is 14.6. The van der Waals surface area contributed by atoms with Gasteiger partial charge in [-0.05, 0) is 31.4 Å². The summed E-state index contributed by atoms with van der Waals surface area (Å²) in [5.74, 6) is 0.905. The molecule has 5 heteroatoms. The van der Waals surface area contributed by atoms with Crippen LogP contribution in [0.4, 0.5) is 4.39 Å². The van der Waals surface area contributed by atoms with Crippen molar-refractivity contribution in [1.29, 1.82) is 0 Å². The van der Waals surface area contributed by atoms with Crippen molar-refractivity contribution < 1.29 is 8.91 Å². The predicted molar refractivity (Wildman–Crippen MR) is 75.7 cm³/mol. The third kappa shape index (κ3) is 2.88. The minimum atomic E-state index is -0.276. The van der Waals surface area contributed by atoms with Gasteiger partial charge in [0.1, 0.15) is 5.82 Å². The quantitative estimate of drug-likeness (QED) is 0.931. The van der Waals surface area contributed by atoms with Crippen LogP contribution in [0.1, 0.15) is 38.1 Å². The van der Waals surface area contributed by atoms with E-state index in [4.69, 9.17) is 10.3 Å². The van der Waals surface area contributed by atoms with E-state index in [0.717, 1.165) is 0 Å². The van der Waals surface area contributed by atoms with Crippen LogP contribution in [0, 0.1) is 18.7 Å². The lowest BCUT2D eigenvalue weighted by atomic mass is 9.90. The van der Waals surface area contributed by atoms with Crippen LogP contribution in [0.3, 0.4) is 0 Å². The molecule has 0 spiro atoms. The lowest BCUT2D eigenvalue weighted by molar-refractivity contribution is 0.300. The van der Waals surface area contributed by atoms with Gasteiger partial charge in [0.2, 0.25) is 11.7 Å². The molecule has 1 aromatic carbocycles. The highest BCUT2D eigenvalue weighted by atomic mass is 19.1. The smallest absolute Gasteiger partial charge is 0.231 e. The second-order valence-electron chi connectivity index (χ2n) is 5.55. The summed E-state index contributed by atoms with van der Waals surface area (Å²) >= 11 is 0. The van der Waals surface area contributed by atoms with Crippen LogP contribution in [0.25, 0.3) is 11.4 Å². The van der Waals surface area contributed by atoms with Crippen molar-refractivity contribution >= 4 is 0 Å². The van der Waals surface area contributed by atoms with Crippen molar-refractivity contribution in [3.63, 3.8) is 0 Å². The van der Waals surface area contributed by atoms with Crippen molar-refractivity contribution in [2.75, 3.05) is 0 Å². The van der Waals surface area contributed by atoms with E-state index in [9.17, 15) is 4.39 Å². The highest BCUT2D eigenvalue weighted by Gasteiger charge is 2.26. The Morgan fingerprint density at radius 3 is 2.50 bits per heavy atom. The second kappa shape index (κ2) is 5.71. The Morgan fingerprint density at radius 2 is 1.95 bits per heavy atom. The standard InChI is InChI=1S/C15H20FN3O/c1-8(2)13(10(4)17)15-18-14(19-20-15)11-6-5-9(3)12(16)7-11/h5-8,10,13H,17H2,1-4H3. The van der Waals surface area contributed by atoms with Gasteiger partial charge < -0.3 is 10.3 Å². The van der Waals surface area contributed by atoms with E-state index in [-0.39, 0.29) is 23.7 Å². The van der Waals surface area contributed by atoms with Gasteiger partial charge in [0, 0.05) is 11.6 Å². The lowest BCUT2D eigenvalue weighted by Crippen LogP contribution is -2.28. The van der Waals surface area contributed by atoms with E-state index >= 15 is 0 Å². The lowest BCUT2D eigenvalue weighted by Gasteiger charge is -2.20. The molecule has 0 bridgehead atoms. The molecule has 0 radical (unpaired) electrons. The van der Waals surface area contributed by atoms with Gasteiger partial charge in [0.15, 0.2) is 0 Å². The van der Waals surface area contributed by atoms with E-state index in [1.807, 2.05) is 6.92 Å². The summed E-state index contributed by atoms with van der Waals surface area (Å²) in [5.41, 5.74) is 7.17. The predicted octanol–water partition coefficient (Wildman–Crippen LogP) is 3.27. The van der Waals surface area contributed by atoms with Crippen molar-refractivity contribution in [2.24, 2.45) is 11.7 Å². The fraction of sp³-hybridized carbons (Fsp3) is 0.467. The minimum absolute atomic E-state index is 0.00783. The molecule has 2 rings (SSSR count). The van der Waals surface area contributed by atoms with Gasteiger partial charge in [-0.25, -0.2) is 4.39 Å². The zero-order valence-electron chi connectivity index (χ0n) is 12.2. The molecule has 0 aliphatic carbocycles. The Hall–Kier alpha value is -1.75. The summed E-state index contributed by atoms with van der Waals surface area (Å²) in [6, 6.07) is 4.81. The Balaban J connectivity index is 2.34. The summed E-state index contributed by atoms with van der Waals surface area (Å²) < 4.78 is 18.9. The molecule has 2 unspecified atom stereocenters. The molecule has 2 aromatic rings. The molecule has 20 heavy (non-hydrogen) atoms. The summed E-state index contributed by atoms with van der Waals surface area (Å²) in [5, 5.41) is 3.93. The van der Waals surface area contributed by atoms with Crippen molar-refractivity contribution in [2.45, 2.75) is 39.7 Å². The minimum Gasteiger partial charge on any atom is -0.339 e. The summed E-state index contributed by atoms with van der Waals surface area (Å²) in [6.07, 6.45) is 0. The molecule has 0 fully saturated rings. The number of hydrogen-bond donors (Lipinski definition) is 1. The first-order valence-electron chi connectivity index (χ1n) is 6.76. The molecular formula is C15H20FN3O. The van der Waals surface area contributed by atoms with Crippen LogP contribution in [0.2, 0.25) is 0 Å². The maximum absolute atomic E-state index is 13.6. The summed E-state index contributed by atoms with van der Waals surface area (Å²) in [7, 11) is 0. The monoisotopic (exact) mass is 277 g/mol. The Kier molecular flexibility index (Phi) is 4.18. The first-order valence-corrected chi connectivity index (χ1v) is 6.76. The highest BCUT2D eigenvalue weighted by molar-refractivity contribution is 5.55. The molecule has 2 atom stereocenters. The van der Waals surface area contributed by atoms with Crippen LogP contribution in [-0.4, -0.2) is 16.2 Å². The summed E-state index contributed by atoms with van der Waals surface area (Å²) in [6.45, 7) is 7.75. The van der Waals surface area contributed by atoms with Gasteiger partial charge in [-0.15, -0.1) is 0 Å². The molecule has 0 aliphatic rings. The first kappa shape index (κ1) is 14.7. The van der Waals surface area contributed by atoms with Crippen molar-refractivity contribution in [1.82, 2.24) is 10.1 Å². The second-order valence-corrected chi connectivity index (χ2v) is 5.55. The molecule has 4 nitrogen and oxygen atoms in total. The zero-order valence-corrected chi connectivity index (χ0v) is 12.2. The van der Waals surface area contributed by atoms with Gasteiger partial charge in [0.25, 0.3) is 0 Å². The number of benzene rings is 1. The maximum Gasteiger partial charge on any atom is 0.231 e. The average Bonchev–Trinajstić information content (AvgIpc) is 2.81. The first-order chi connectivity index (χ1) is 9.40. The molecule has 0 saturated carbocycles. The molecule has 108 valence electrons. The van der Waals surface area contributed by atoms with E-state index in [1.54, 1.807) is 19.1 Å². The molecule has 0 saturated heterocycles. The van der Waals surface area contributed by atoms with E-state index in [2.05, 4.69) is 24.0 Å². The Labute approximate surface area is 118 Å².